The summed E-state index contributed by atoms with van der Waals surface area (Å²) in [4.78, 5) is 17.8. The Morgan fingerprint density at radius 2 is 2.33 bits per heavy atom. The summed E-state index contributed by atoms with van der Waals surface area (Å²) >= 11 is 7.42. The third-order valence-corrected chi connectivity index (χ3v) is 3.37. The first-order valence-electron chi connectivity index (χ1n) is 5.19. The van der Waals surface area contributed by atoms with Crippen molar-refractivity contribution >= 4 is 28.8 Å². The molecule has 0 atom stereocenters. The van der Waals surface area contributed by atoms with Crippen LogP contribution in [0.5, 0.6) is 5.75 Å². The monoisotopic (exact) mass is 282 g/mol. The Kier molecular flexibility index (Phi) is 3.84. The smallest absolute Gasteiger partial charge is 0.255 e. The van der Waals surface area contributed by atoms with Crippen LogP contribution in [-0.2, 0) is 6.54 Å². The molecule has 94 valence electrons. The third kappa shape index (κ3) is 2.80. The molecule has 0 spiro atoms. The van der Waals surface area contributed by atoms with Gasteiger partial charge in [-0.2, -0.15) is 0 Å². The molecule has 18 heavy (non-hydrogen) atoms. The van der Waals surface area contributed by atoms with Crippen molar-refractivity contribution in [3.8, 4) is 5.75 Å². The molecule has 0 aliphatic carbocycles. The zero-order chi connectivity index (χ0) is 13.1. The summed E-state index contributed by atoms with van der Waals surface area (Å²) in [7, 11) is 1.67. The second kappa shape index (κ2) is 5.37. The molecule has 1 heterocycles. The van der Waals surface area contributed by atoms with Crippen LogP contribution in [0.3, 0.4) is 0 Å². The van der Waals surface area contributed by atoms with Gasteiger partial charge in [0.25, 0.3) is 5.91 Å². The van der Waals surface area contributed by atoms with E-state index in [1.807, 2.05) is 5.38 Å². The first kappa shape index (κ1) is 12.9. The number of carbonyl (C=O) groups is 1. The summed E-state index contributed by atoms with van der Waals surface area (Å²) in [6.45, 7) is 0.411. The van der Waals surface area contributed by atoms with Crippen LogP contribution in [0.25, 0.3) is 0 Å². The van der Waals surface area contributed by atoms with Crippen LogP contribution in [-0.4, -0.2) is 27.9 Å². The number of carbonyl (C=O) groups excluding carboxylic acids is 1. The number of nitrogens with zero attached hydrogens (tertiary/aromatic N) is 2. The van der Waals surface area contributed by atoms with Gasteiger partial charge in [0.2, 0.25) is 0 Å². The molecule has 2 aromatic rings. The Morgan fingerprint density at radius 3 is 3.00 bits per heavy atom. The zero-order valence-electron chi connectivity index (χ0n) is 9.63. The van der Waals surface area contributed by atoms with Crippen LogP contribution >= 0.6 is 22.9 Å². The van der Waals surface area contributed by atoms with Crippen molar-refractivity contribution in [2.75, 3.05) is 7.05 Å². The SMILES string of the molecule is CN(Cc1cscn1)C(=O)c1cc(O)ccc1Cl. The number of aromatic hydroxyl groups is 1. The van der Waals surface area contributed by atoms with Crippen molar-refractivity contribution in [2.45, 2.75) is 6.54 Å². The molecule has 2 rings (SSSR count). The predicted octanol–water partition coefficient (Wildman–Crippen LogP) is 2.77. The highest BCUT2D eigenvalue weighted by molar-refractivity contribution is 7.07. The highest BCUT2D eigenvalue weighted by Crippen LogP contribution is 2.22. The summed E-state index contributed by atoms with van der Waals surface area (Å²) in [6.07, 6.45) is 0. The molecule has 0 saturated heterocycles. The van der Waals surface area contributed by atoms with Gasteiger partial charge in [-0.1, -0.05) is 11.6 Å². The minimum Gasteiger partial charge on any atom is -0.508 e. The minimum atomic E-state index is -0.246. The number of amides is 1. The van der Waals surface area contributed by atoms with Crippen molar-refractivity contribution in [3.63, 3.8) is 0 Å². The highest BCUT2D eigenvalue weighted by atomic mass is 35.5. The average molecular weight is 283 g/mol. The van der Waals surface area contributed by atoms with Crippen molar-refractivity contribution < 1.29 is 9.90 Å². The lowest BCUT2D eigenvalue weighted by Gasteiger charge is -2.16. The molecule has 0 unspecified atom stereocenters. The lowest BCUT2D eigenvalue weighted by molar-refractivity contribution is 0.0783. The largest absolute Gasteiger partial charge is 0.508 e. The van der Waals surface area contributed by atoms with Gasteiger partial charge in [0.05, 0.1) is 28.3 Å². The standard InChI is InChI=1S/C12H11ClN2O2S/c1-15(5-8-6-18-7-14-8)12(17)10-4-9(16)2-3-11(10)13/h2-4,6-7,16H,5H2,1H3. The second-order valence-electron chi connectivity index (χ2n) is 3.81. The number of hydrogen-bond donors (Lipinski definition) is 1. The van der Waals surface area contributed by atoms with Crippen LogP contribution in [0.1, 0.15) is 16.1 Å². The minimum absolute atomic E-state index is 0.0183. The van der Waals surface area contributed by atoms with E-state index in [2.05, 4.69) is 4.98 Å². The molecule has 0 radical (unpaired) electrons. The van der Waals surface area contributed by atoms with Gasteiger partial charge in [-0.05, 0) is 18.2 Å². The third-order valence-electron chi connectivity index (χ3n) is 2.41. The van der Waals surface area contributed by atoms with E-state index in [4.69, 9.17) is 11.6 Å². The Balaban J connectivity index is 2.17. The molecule has 0 aliphatic heterocycles. The zero-order valence-corrected chi connectivity index (χ0v) is 11.2. The number of rotatable bonds is 3. The molecular formula is C12H11ClN2O2S. The van der Waals surface area contributed by atoms with Crippen molar-refractivity contribution in [1.82, 2.24) is 9.88 Å². The van der Waals surface area contributed by atoms with Gasteiger partial charge in [-0.25, -0.2) is 4.98 Å². The van der Waals surface area contributed by atoms with Crippen LogP contribution in [0.2, 0.25) is 5.02 Å². The van der Waals surface area contributed by atoms with Gasteiger partial charge < -0.3 is 10.0 Å². The first-order chi connectivity index (χ1) is 8.58. The first-order valence-corrected chi connectivity index (χ1v) is 6.51. The summed E-state index contributed by atoms with van der Waals surface area (Å²) in [5.41, 5.74) is 2.83. The van der Waals surface area contributed by atoms with E-state index in [0.29, 0.717) is 11.6 Å². The number of hydrogen-bond acceptors (Lipinski definition) is 4. The molecule has 6 heteroatoms. The van der Waals surface area contributed by atoms with E-state index in [-0.39, 0.29) is 17.2 Å². The van der Waals surface area contributed by atoms with Gasteiger partial charge in [0, 0.05) is 12.4 Å². The topological polar surface area (TPSA) is 53.4 Å². The molecule has 0 fully saturated rings. The highest BCUT2D eigenvalue weighted by Gasteiger charge is 2.16. The molecule has 1 N–H and O–H groups in total. The fraction of sp³-hybridized carbons (Fsp3) is 0.167. The summed E-state index contributed by atoms with van der Waals surface area (Å²) < 4.78 is 0. The van der Waals surface area contributed by atoms with E-state index in [0.717, 1.165) is 5.69 Å². The Hall–Kier alpha value is -1.59. The fourth-order valence-electron chi connectivity index (χ4n) is 1.51. The lowest BCUT2D eigenvalue weighted by Crippen LogP contribution is -2.26. The van der Waals surface area contributed by atoms with Crippen LogP contribution in [0.15, 0.2) is 29.1 Å². The molecule has 1 amide bonds. The molecule has 0 aliphatic rings. The van der Waals surface area contributed by atoms with Crippen molar-refractivity contribution in [3.05, 3.63) is 45.4 Å². The maximum absolute atomic E-state index is 12.1. The van der Waals surface area contributed by atoms with Gasteiger partial charge in [0.15, 0.2) is 0 Å². The van der Waals surface area contributed by atoms with Gasteiger partial charge >= 0.3 is 0 Å². The maximum Gasteiger partial charge on any atom is 0.255 e. The lowest BCUT2D eigenvalue weighted by atomic mass is 10.2. The molecule has 0 saturated carbocycles. The molecule has 1 aromatic heterocycles. The quantitative estimate of drug-likeness (QED) is 0.942. The summed E-state index contributed by atoms with van der Waals surface area (Å²) in [6, 6.07) is 4.31. The molecule has 0 bridgehead atoms. The predicted molar refractivity (Wildman–Crippen MR) is 71.0 cm³/mol. The molecular weight excluding hydrogens is 272 g/mol. The second-order valence-corrected chi connectivity index (χ2v) is 4.93. The Bertz CT molecular complexity index is 557. The number of aromatic nitrogens is 1. The van der Waals surface area contributed by atoms with E-state index in [1.165, 1.54) is 34.4 Å². The van der Waals surface area contributed by atoms with Crippen LogP contribution in [0, 0.1) is 0 Å². The van der Waals surface area contributed by atoms with Crippen LogP contribution < -0.4 is 0 Å². The fourth-order valence-corrected chi connectivity index (χ4v) is 2.26. The van der Waals surface area contributed by atoms with Gasteiger partial charge in [-0.15, -0.1) is 11.3 Å². The number of benzene rings is 1. The average Bonchev–Trinajstić information content (AvgIpc) is 2.84. The van der Waals surface area contributed by atoms with Crippen molar-refractivity contribution in [2.24, 2.45) is 0 Å². The van der Waals surface area contributed by atoms with Gasteiger partial charge in [0.1, 0.15) is 5.75 Å². The van der Waals surface area contributed by atoms with E-state index in [9.17, 15) is 9.90 Å². The maximum atomic E-state index is 12.1. The number of phenols is 1. The number of halogens is 1. The van der Waals surface area contributed by atoms with E-state index in [1.54, 1.807) is 12.6 Å². The normalized spacial score (nSPS) is 10.3. The van der Waals surface area contributed by atoms with Gasteiger partial charge in [-0.3, -0.25) is 4.79 Å². The van der Waals surface area contributed by atoms with E-state index >= 15 is 0 Å². The van der Waals surface area contributed by atoms with Crippen molar-refractivity contribution in [1.29, 1.82) is 0 Å². The number of phenolic OH excluding ortho intramolecular Hbond substituents is 1. The van der Waals surface area contributed by atoms with E-state index < -0.39 is 0 Å². The summed E-state index contributed by atoms with van der Waals surface area (Å²) in [5.74, 6) is -0.228. The summed E-state index contributed by atoms with van der Waals surface area (Å²) in [5, 5.41) is 11.6. The Morgan fingerprint density at radius 1 is 1.56 bits per heavy atom. The molecule has 1 aromatic carbocycles. The molecule has 4 nitrogen and oxygen atoms in total. The number of thiazole rings is 1. The Labute approximate surface area is 113 Å². The van der Waals surface area contributed by atoms with Crippen LogP contribution in [0.4, 0.5) is 0 Å².